The fourth-order valence-electron chi connectivity index (χ4n) is 2.94. The number of ether oxygens (including phenoxy) is 3. The summed E-state index contributed by atoms with van der Waals surface area (Å²) in [7, 11) is 3.49. The molecule has 0 radical (unpaired) electrons. The van der Waals surface area contributed by atoms with E-state index in [4.69, 9.17) is 14.2 Å². The number of likely N-dealkylation sites (N-methyl/N-ethyl adjacent to an activating group) is 1. The van der Waals surface area contributed by atoms with E-state index in [-0.39, 0.29) is 11.6 Å². The molecule has 20 heavy (non-hydrogen) atoms. The lowest BCUT2D eigenvalue weighted by molar-refractivity contribution is -0.111. The Morgan fingerprint density at radius 2 is 1.85 bits per heavy atom. The van der Waals surface area contributed by atoms with E-state index in [1.165, 1.54) is 5.56 Å². The zero-order valence-electron chi connectivity index (χ0n) is 12.6. The molecule has 1 N–H and O–H groups in total. The van der Waals surface area contributed by atoms with Crippen LogP contribution in [0, 0.1) is 0 Å². The lowest BCUT2D eigenvalue weighted by Gasteiger charge is -2.43. The molecule has 1 fully saturated rings. The van der Waals surface area contributed by atoms with Gasteiger partial charge in [0.2, 0.25) is 0 Å². The summed E-state index contributed by atoms with van der Waals surface area (Å²) >= 11 is 0. The minimum absolute atomic E-state index is 0.173. The minimum Gasteiger partial charge on any atom is -0.497 e. The Bertz CT molecular complexity index is 399. The predicted octanol–water partition coefficient (Wildman–Crippen LogP) is 2.54. The number of methoxy groups -OCH3 is 2. The normalized spacial score (nSPS) is 19.6. The molecule has 1 aromatic carbocycles. The van der Waals surface area contributed by atoms with Gasteiger partial charge >= 0.3 is 0 Å². The molecule has 1 aromatic rings. The van der Waals surface area contributed by atoms with Gasteiger partial charge in [-0.3, -0.25) is 0 Å². The summed E-state index contributed by atoms with van der Waals surface area (Å²) in [6.07, 6.45) is 1.82. The van der Waals surface area contributed by atoms with Gasteiger partial charge in [-0.25, -0.2) is 0 Å². The number of hydrogen-bond donors (Lipinski definition) is 1. The van der Waals surface area contributed by atoms with Crippen LogP contribution in [-0.2, 0) is 9.47 Å². The quantitative estimate of drug-likeness (QED) is 0.868. The number of hydrogen-bond acceptors (Lipinski definition) is 4. The summed E-state index contributed by atoms with van der Waals surface area (Å²) in [5, 5.41) is 3.58. The third-order valence-electron chi connectivity index (χ3n) is 4.13. The number of nitrogens with one attached hydrogen (secondary N) is 1. The maximum Gasteiger partial charge on any atom is 0.118 e. The SMILES string of the molecule is CCNC(c1ccc(OC)cc1)C1(OC)CCOCC1. The number of rotatable bonds is 6. The van der Waals surface area contributed by atoms with E-state index in [1.807, 2.05) is 12.1 Å². The summed E-state index contributed by atoms with van der Waals surface area (Å²) in [6.45, 7) is 4.54. The largest absolute Gasteiger partial charge is 0.497 e. The van der Waals surface area contributed by atoms with Crippen LogP contribution in [0.1, 0.15) is 31.4 Å². The van der Waals surface area contributed by atoms with Gasteiger partial charge in [0.1, 0.15) is 5.75 Å². The third kappa shape index (κ3) is 3.14. The van der Waals surface area contributed by atoms with Crippen molar-refractivity contribution in [3.8, 4) is 5.75 Å². The summed E-state index contributed by atoms with van der Waals surface area (Å²) < 4.78 is 16.7. The van der Waals surface area contributed by atoms with Crippen LogP contribution < -0.4 is 10.1 Å². The van der Waals surface area contributed by atoms with E-state index in [1.54, 1.807) is 14.2 Å². The van der Waals surface area contributed by atoms with Gasteiger partial charge in [0.05, 0.1) is 18.8 Å². The molecule has 0 amide bonds. The van der Waals surface area contributed by atoms with Gasteiger partial charge in [-0.2, -0.15) is 0 Å². The van der Waals surface area contributed by atoms with Crippen molar-refractivity contribution in [3.63, 3.8) is 0 Å². The van der Waals surface area contributed by atoms with Crippen molar-refractivity contribution in [1.82, 2.24) is 5.32 Å². The van der Waals surface area contributed by atoms with Gasteiger partial charge in [0.15, 0.2) is 0 Å². The topological polar surface area (TPSA) is 39.7 Å². The molecule has 1 aliphatic heterocycles. The average Bonchev–Trinajstić information content (AvgIpc) is 2.53. The monoisotopic (exact) mass is 279 g/mol. The van der Waals surface area contributed by atoms with Crippen molar-refractivity contribution in [2.24, 2.45) is 0 Å². The summed E-state index contributed by atoms with van der Waals surface area (Å²) in [4.78, 5) is 0. The highest BCUT2D eigenvalue weighted by molar-refractivity contribution is 5.31. The highest BCUT2D eigenvalue weighted by Gasteiger charge is 2.41. The minimum atomic E-state index is -0.192. The van der Waals surface area contributed by atoms with Crippen molar-refractivity contribution in [3.05, 3.63) is 29.8 Å². The summed E-state index contributed by atoms with van der Waals surface area (Å²) in [5.41, 5.74) is 1.04. The van der Waals surface area contributed by atoms with Gasteiger partial charge in [-0.05, 0) is 24.2 Å². The fourth-order valence-corrected chi connectivity index (χ4v) is 2.94. The van der Waals surface area contributed by atoms with Crippen molar-refractivity contribution in [1.29, 1.82) is 0 Å². The Morgan fingerprint density at radius 1 is 1.20 bits per heavy atom. The smallest absolute Gasteiger partial charge is 0.118 e. The van der Waals surface area contributed by atoms with E-state index in [0.717, 1.165) is 38.3 Å². The Hall–Kier alpha value is -1.10. The summed E-state index contributed by atoms with van der Waals surface area (Å²) in [5.74, 6) is 0.877. The van der Waals surface area contributed by atoms with Crippen LogP contribution in [0.25, 0.3) is 0 Å². The first-order valence-electron chi connectivity index (χ1n) is 7.26. The van der Waals surface area contributed by atoms with Gasteiger partial charge in [-0.15, -0.1) is 0 Å². The molecule has 1 aliphatic rings. The molecule has 1 atom stereocenters. The van der Waals surface area contributed by atoms with E-state index in [0.29, 0.717) is 0 Å². The molecule has 4 nitrogen and oxygen atoms in total. The molecule has 1 unspecified atom stereocenters. The first-order valence-corrected chi connectivity index (χ1v) is 7.26. The highest BCUT2D eigenvalue weighted by Crippen LogP contribution is 2.37. The maximum atomic E-state index is 5.93. The maximum absolute atomic E-state index is 5.93. The summed E-state index contributed by atoms with van der Waals surface area (Å²) in [6, 6.07) is 8.41. The molecule has 0 bridgehead atoms. The van der Waals surface area contributed by atoms with Crippen molar-refractivity contribution in [2.45, 2.75) is 31.4 Å². The van der Waals surface area contributed by atoms with Gasteiger partial charge in [-0.1, -0.05) is 19.1 Å². The van der Waals surface area contributed by atoms with Gasteiger partial charge < -0.3 is 19.5 Å². The molecule has 0 aromatic heterocycles. The third-order valence-corrected chi connectivity index (χ3v) is 4.13. The molecular formula is C16H25NO3. The van der Waals surface area contributed by atoms with E-state index in [2.05, 4.69) is 24.4 Å². The molecule has 0 spiro atoms. The Morgan fingerprint density at radius 3 is 2.35 bits per heavy atom. The lowest BCUT2D eigenvalue weighted by atomic mass is 9.82. The van der Waals surface area contributed by atoms with E-state index < -0.39 is 0 Å². The molecule has 2 rings (SSSR count). The second-order valence-corrected chi connectivity index (χ2v) is 5.15. The van der Waals surface area contributed by atoms with Crippen LogP contribution in [0.4, 0.5) is 0 Å². The first-order chi connectivity index (χ1) is 9.75. The Labute approximate surface area is 121 Å². The second-order valence-electron chi connectivity index (χ2n) is 5.15. The molecule has 1 saturated heterocycles. The van der Waals surface area contributed by atoms with Crippen LogP contribution in [0.2, 0.25) is 0 Å². The highest BCUT2D eigenvalue weighted by atomic mass is 16.5. The van der Waals surface area contributed by atoms with Crippen LogP contribution in [0.3, 0.4) is 0 Å². The van der Waals surface area contributed by atoms with Gasteiger partial charge in [0.25, 0.3) is 0 Å². The first kappa shape index (κ1) is 15.3. The molecule has 4 heteroatoms. The van der Waals surface area contributed by atoms with E-state index in [9.17, 15) is 0 Å². The van der Waals surface area contributed by atoms with Crippen molar-refractivity contribution >= 4 is 0 Å². The molecular weight excluding hydrogens is 254 g/mol. The molecule has 0 saturated carbocycles. The zero-order chi connectivity index (χ0) is 14.4. The van der Waals surface area contributed by atoms with Crippen LogP contribution in [0.15, 0.2) is 24.3 Å². The van der Waals surface area contributed by atoms with Gasteiger partial charge in [0, 0.05) is 33.2 Å². The second kappa shape index (κ2) is 7.07. The number of benzene rings is 1. The lowest BCUT2D eigenvalue weighted by Crippen LogP contribution is -2.49. The molecule has 1 heterocycles. The van der Waals surface area contributed by atoms with Crippen molar-refractivity contribution < 1.29 is 14.2 Å². The van der Waals surface area contributed by atoms with Crippen LogP contribution >= 0.6 is 0 Å². The zero-order valence-corrected chi connectivity index (χ0v) is 12.6. The average molecular weight is 279 g/mol. The van der Waals surface area contributed by atoms with Crippen molar-refractivity contribution in [2.75, 3.05) is 34.0 Å². The fraction of sp³-hybridized carbons (Fsp3) is 0.625. The van der Waals surface area contributed by atoms with E-state index >= 15 is 0 Å². The Balaban J connectivity index is 2.27. The van der Waals surface area contributed by atoms with Crippen LogP contribution in [-0.4, -0.2) is 39.6 Å². The standard InChI is InChI=1S/C16H25NO3/c1-4-17-15(13-5-7-14(18-2)8-6-13)16(19-3)9-11-20-12-10-16/h5-8,15,17H,4,9-12H2,1-3H3. The Kier molecular flexibility index (Phi) is 5.40. The predicted molar refractivity (Wildman–Crippen MR) is 79.2 cm³/mol. The molecule has 112 valence electrons. The van der Waals surface area contributed by atoms with Crippen LogP contribution in [0.5, 0.6) is 5.75 Å². The molecule has 0 aliphatic carbocycles.